The molecular weight excluding hydrogens is 284 g/mol. The van der Waals surface area contributed by atoms with Gasteiger partial charge in [-0.1, -0.05) is 29.8 Å². The van der Waals surface area contributed by atoms with Crippen molar-refractivity contribution in [3.8, 4) is 0 Å². The van der Waals surface area contributed by atoms with Crippen molar-refractivity contribution in [3.63, 3.8) is 0 Å². The molecule has 21 heavy (non-hydrogen) atoms. The van der Waals surface area contributed by atoms with Crippen molar-refractivity contribution in [3.05, 3.63) is 60.3 Å². The fraction of sp³-hybridized carbons (Fsp3) is 0.125. The normalized spacial score (nSPS) is 11.7. The van der Waals surface area contributed by atoms with Crippen molar-refractivity contribution in [2.45, 2.75) is 11.8 Å². The minimum atomic E-state index is -3.56. The Morgan fingerprint density at radius 2 is 1.71 bits per heavy atom. The summed E-state index contributed by atoms with van der Waals surface area (Å²) in [5.41, 5.74) is 2.48. The second-order valence-electron chi connectivity index (χ2n) is 5.00. The van der Waals surface area contributed by atoms with Crippen LogP contribution in [0.2, 0.25) is 0 Å². The Balaban J connectivity index is 2.10. The van der Waals surface area contributed by atoms with Crippen LogP contribution in [0, 0.1) is 6.92 Å². The number of nitrogens with zero attached hydrogens (tertiary/aromatic N) is 1. The highest BCUT2D eigenvalue weighted by Gasteiger charge is 2.22. The van der Waals surface area contributed by atoms with E-state index in [9.17, 15) is 8.42 Å². The third kappa shape index (κ3) is 2.29. The Kier molecular flexibility index (Phi) is 3.22. The Hall–Kier alpha value is -2.27. The van der Waals surface area contributed by atoms with Crippen LogP contribution < -0.4 is 4.31 Å². The van der Waals surface area contributed by atoms with Crippen LogP contribution in [0.25, 0.3) is 10.9 Å². The molecular formula is C16H16N2O2S. The van der Waals surface area contributed by atoms with E-state index in [2.05, 4.69) is 4.98 Å². The molecule has 0 bridgehead atoms. The fourth-order valence-corrected chi connectivity index (χ4v) is 3.54. The highest BCUT2D eigenvalue weighted by Crippen LogP contribution is 2.28. The number of nitrogens with one attached hydrogen (secondary N) is 1. The van der Waals surface area contributed by atoms with E-state index in [4.69, 9.17) is 0 Å². The topological polar surface area (TPSA) is 53.2 Å². The van der Waals surface area contributed by atoms with Crippen molar-refractivity contribution in [1.82, 2.24) is 4.98 Å². The minimum absolute atomic E-state index is 0.291. The summed E-state index contributed by atoms with van der Waals surface area (Å²) in [7, 11) is -1.99. The van der Waals surface area contributed by atoms with E-state index in [0.717, 1.165) is 16.5 Å². The zero-order chi connectivity index (χ0) is 15.0. The molecule has 4 nitrogen and oxygen atoms in total. The van der Waals surface area contributed by atoms with Gasteiger partial charge in [-0.3, -0.25) is 4.31 Å². The van der Waals surface area contributed by atoms with Crippen LogP contribution in [0.1, 0.15) is 5.56 Å². The van der Waals surface area contributed by atoms with E-state index < -0.39 is 10.0 Å². The Morgan fingerprint density at radius 1 is 1.00 bits per heavy atom. The number of aromatic nitrogens is 1. The number of aryl methyl sites for hydroxylation is 1. The first-order valence-electron chi connectivity index (χ1n) is 6.62. The maximum Gasteiger partial charge on any atom is 0.264 e. The number of anilines is 1. The number of H-pyrrole nitrogens is 1. The van der Waals surface area contributed by atoms with Gasteiger partial charge >= 0.3 is 0 Å². The maximum atomic E-state index is 12.7. The molecule has 0 fully saturated rings. The van der Waals surface area contributed by atoms with Gasteiger partial charge in [0.25, 0.3) is 10.0 Å². The predicted octanol–water partition coefficient (Wildman–Crippen LogP) is 3.30. The van der Waals surface area contributed by atoms with E-state index in [-0.39, 0.29) is 0 Å². The van der Waals surface area contributed by atoms with Crippen molar-refractivity contribution in [2.75, 3.05) is 11.4 Å². The van der Waals surface area contributed by atoms with Crippen LogP contribution in [-0.4, -0.2) is 20.4 Å². The second kappa shape index (κ2) is 4.93. The quantitative estimate of drug-likeness (QED) is 0.807. The summed E-state index contributed by atoms with van der Waals surface area (Å²) < 4.78 is 26.8. The lowest BCUT2D eigenvalue weighted by molar-refractivity contribution is 0.594. The SMILES string of the molecule is Cc1ccc(S(=O)(=O)N(C)c2cccc3cc[nH]c23)cc1. The molecule has 0 aliphatic rings. The zero-order valence-corrected chi connectivity index (χ0v) is 12.7. The lowest BCUT2D eigenvalue weighted by Crippen LogP contribution is -2.26. The van der Waals surface area contributed by atoms with Crippen LogP contribution in [0.4, 0.5) is 5.69 Å². The number of fused-ring (bicyclic) bond motifs is 1. The van der Waals surface area contributed by atoms with Gasteiger partial charge in [-0.05, 0) is 31.2 Å². The molecule has 2 aromatic carbocycles. The summed E-state index contributed by atoms with van der Waals surface area (Å²) in [5, 5.41) is 0.985. The zero-order valence-electron chi connectivity index (χ0n) is 11.9. The Morgan fingerprint density at radius 3 is 2.43 bits per heavy atom. The molecule has 5 heteroatoms. The molecule has 0 aliphatic heterocycles. The molecule has 0 atom stereocenters. The molecule has 1 N–H and O–H groups in total. The molecule has 0 aliphatic carbocycles. The molecule has 0 amide bonds. The molecule has 0 spiro atoms. The number of hydrogen-bond donors (Lipinski definition) is 1. The summed E-state index contributed by atoms with van der Waals surface area (Å²) in [6, 6.07) is 14.4. The van der Waals surface area contributed by atoms with E-state index in [1.54, 1.807) is 43.6 Å². The molecule has 0 saturated carbocycles. The number of para-hydroxylation sites is 1. The van der Waals surface area contributed by atoms with Gasteiger partial charge in [0, 0.05) is 18.6 Å². The molecule has 0 radical (unpaired) electrons. The Labute approximate surface area is 124 Å². The van der Waals surface area contributed by atoms with Crippen LogP contribution in [0.5, 0.6) is 0 Å². The third-order valence-corrected chi connectivity index (χ3v) is 5.37. The minimum Gasteiger partial charge on any atom is -0.359 e. The monoisotopic (exact) mass is 300 g/mol. The number of aromatic amines is 1. The lowest BCUT2D eigenvalue weighted by atomic mass is 10.2. The van der Waals surface area contributed by atoms with Crippen LogP contribution in [0.3, 0.4) is 0 Å². The van der Waals surface area contributed by atoms with Gasteiger partial charge < -0.3 is 4.98 Å². The largest absolute Gasteiger partial charge is 0.359 e. The standard InChI is InChI=1S/C16H16N2O2S/c1-12-6-8-14(9-7-12)21(19,20)18(2)15-5-3-4-13-10-11-17-16(13)15/h3-11,17H,1-2H3. The van der Waals surface area contributed by atoms with Crippen molar-refractivity contribution < 1.29 is 8.42 Å². The summed E-state index contributed by atoms with van der Waals surface area (Å²) in [4.78, 5) is 3.39. The highest BCUT2D eigenvalue weighted by molar-refractivity contribution is 7.92. The highest BCUT2D eigenvalue weighted by atomic mass is 32.2. The molecule has 3 rings (SSSR count). The van der Waals surface area contributed by atoms with E-state index >= 15 is 0 Å². The van der Waals surface area contributed by atoms with Gasteiger partial charge in [0.2, 0.25) is 0 Å². The average Bonchev–Trinajstić information content (AvgIpc) is 2.95. The number of rotatable bonds is 3. The molecule has 108 valence electrons. The van der Waals surface area contributed by atoms with E-state index in [1.807, 2.05) is 25.1 Å². The van der Waals surface area contributed by atoms with Gasteiger partial charge in [-0.25, -0.2) is 8.42 Å². The van der Waals surface area contributed by atoms with Crippen LogP contribution >= 0.6 is 0 Å². The van der Waals surface area contributed by atoms with Crippen molar-refractivity contribution >= 4 is 26.6 Å². The molecule has 0 saturated heterocycles. The van der Waals surface area contributed by atoms with Gasteiger partial charge in [0.15, 0.2) is 0 Å². The van der Waals surface area contributed by atoms with Crippen molar-refractivity contribution in [2.24, 2.45) is 0 Å². The third-order valence-electron chi connectivity index (χ3n) is 3.58. The second-order valence-corrected chi connectivity index (χ2v) is 6.97. The van der Waals surface area contributed by atoms with Crippen LogP contribution in [0.15, 0.2) is 59.6 Å². The van der Waals surface area contributed by atoms with Crippen LogP contribution in [-0.2, 0) is 10.0 Å². The summed E-state index contributed by atoms with van der Waals surface area (Å²) in [6.07, 6.45) is 1.81. The van der Waals surface area contributed by atoms with Gasteiger partial charge in [-0.15, -0.1) is 0 Å². The summed E-state index contributed by atoms with van der Waals surface area (Å²) >= 11 is 0. The first kappa shape index (κ1) is 13.7. The lowest BCUT2D eigenvalue weighted by Gasteiger charge is -2.20. The van der Waals surface area contributed by atoms with E-state index in [0.29, 0.717) is 10.6 Å². The molecule has 1 aromatic heterocycles. The number of benzene rings is 2. The molecule has 3 aromatic rings. The summed E-state index contributed by atoms with van der Waals surface area (Å²) in [6.45, 7) is 1.93. The molecule has 1 heterocycles. The number of sulfonamides is 1. The Bertz CT molecular complexity index is 880. The average molecular weight is 300 g/mol. The van der Waals surface area contributed by atoms with Gasteiger partial charge in [0.1, 0.15) is 0 Å². The fourth-order valence-electron chi connectivity index (χ4n) is 2.33. The first-order chi connectivity index (χ1) is 10.00. The first-order valence-corrected chi connectivity index (χ1v) is 8.06. The smallest absolute Gasteiger partial charge is 0.264 e. The summed E-state index contributed by atoms with van der Waals surface area (Å²) in [5.74, 6) is 0. The molecule has 0 unspecified atom stereocenters. The van der Waals surface area contributed by atoms with Gasteiger partial charge in [0.05, 0.1) is 16.1 Å². The number of hydrogen-bond acceptors (Lipinski definition) is 2. The van der Waals surface area contributed by atoms with E-state index in [1.165, 1.54) is 4.31 Å². The van der Waals surface area contributed by atoms with Gasteiger partial charge in [-0.2, -0.15) is 0 Å². The maximum absolute atomic E-state index is 12.7. The predicted molar refractivity (Wildman–Crippen MR) is 85.1 cm³/mol. The van der Waals surface area contributed by atoms with Crippen molar-refractivity contribution in [1.29, 1.82) is 0 Å².